The van der Waals surface area contributed by atoms with E-state index in [1.54, 1.807) is 18.2 Å². The third-order valence-electron chi connectivity index (χ3n) is 3.57. The predicted octanol–water partition coefficient (Wildman–Crippen LogP) is 5.73. The lowest BCUT2D eigenvalue weighted by Gasteiger charge is -2.10. The van der Waals surface area contributed by atoms with Crippen molar-refractivity contribution in [2.75, 3.05) is 5.32 Å². The van der Waals surface area contributed by atoms with E-state index in [0.717, 1.165) is 15.7 Å². The average molecular weight is 402 g/mol. The molecule has 0 aliphatic carbocycles. The Morgan fingerprint density at radius 1 is 1.08 bits per heavy atom. The molecule has 3 rings (SSSR count). The molecule has 0 saturated carbocycles. The van der Waals surface area contributed by atoms with Gasteiger partial charge in [0.15, 0.2) is 0 Å². The van der Waals surface area contributed by atoms with Gasteiger partial charge in [-0.2, -0.15) is 0 Å². The van der Waals surface area contributed by atoms with Crippen LogP contribution in [0, 0.1) is 6.92 Å². The number of rotatable bonds is 3. The Balaban J connectivity index is 1.87. The summed E-state index contributed by atoms with van der Waals surface area (Å²) in [5.41, 5.74) is 3.58. The quantitative estimate of drug-likeness (QED) is 0.609. The van der Waals surface area contributed by atoms with Crippen LogP contribution in [-0.4, -0.2) is 10.9 Å². The molecule has 1 N–H and O–H groups in total. The van der Waals surface area contributed by atoms with Crippen LogP contribution >= 0.6 is 27.5 Å². The molecule has 0 saturated heterocycles. The summed E-state index contributed by atoms with van der Waals surface area (Å²) in [5.74, 6) is -0.228. The molecule has 5 heteroatoms. The number of carbonyl (C=O) groups is 1. The number of aromatic nitrogens is 1. The second-order valence-electron chi connectivity index (χ2n) is 5.27. The van der Waals surface area contributed by atoms with E-state index in [9.17, 15) is 4.79 Å². The molecule has 1 amide bonds. The topological polar surface area (TPSA) is 42.0 Å². The second-order valence-corrected chi connectivity index (χ2v) is 6.60. The van der Waals surface area contributed by atoms with Crippen LogP contribution in [0.1, 0.15) is 16.1 Å². The first-order chi connectivity index (χ1) is 11.5. The number of benzene rings is 2. The van der Waals surface area contributed by atoms with Crippen LogP contribution in [0.4, 0.5) is 5.69 Å². The van der Waals surface area contributed by atoms with Crippen molar-refractivity contribution in [3.63, 3.8) is 0 Å². The Morgan fingerprint density at radius 2 is 1.88 bits per heavy atom. The number of aryl methyl sites for hydroxylation is 1. The number of halogens is 2. The highest BCUT2D eigenvalue weighted by atomic mass is 79.9. The zero-order chi connectivity index (χ0) is 17.1. The maximum absolute atomic E-state index is 12.5. The number of para-hydroxylation sites is 1. The first kappa shape index (κ1) is 16.7. The lowest BCUT2D eigenvalue weighted by molar-refractivity contribution is 0.102. The second kappa shape index (κ2) is 7.16. The Bertz CT molecular complexity index is 911. The van der Waals surface area contributed by atoms with Crippen LogP contribution in [0.15, 0.2) is 65.1 Å². The number of nitrogens with one attached hydrogen (secondary N) is 1. The third kappa shape index (κ3) is 3.66. The monoisotopic (exact) mass is 400 g/mol. The largest absolute Gasteiger partial charge is 0.321 e. The van der Waals surface area contributed by atoms with Gasteiger partial charge in [-0.05, 0) is 43.3 Å². The van der Waals surface area contributed by atoms with Gasteiger partial charge in [0.25, 0.3) is 5.91 Å². The molecule has 0 aliphatic heterocycles. The van der Waals surface area contributed by atoms with Gasteiger partial charge in [-0.3, -0.25) is 9.78 Å². The van der Waals surface area contributed by atoms with E-state index >= 15 is 0 Å². The van der Waals surface area contributed by atoms with Crippen molar-refractivity contribution < 1.29 is 4.79 Å². The normalized spacial score (nSPS) is 10.5. The van der Waals surface area contributed by atoms with Gasteiger partial charge in [0.05, 0.1) is 27.7 Å². The van der Waals surface area contributed by atoms with Crippen LogP contribution in [0.3, 0.4) is 0 Å². The van der Waals surface area contributed by atoms with Gasteiger partial charge in [-0.25, -0.2) is 0 Å². The summed E-state index contributed by atoms with van der Waals surface area (Å²) < 4.78 is 0.986. The van der Waals surface area contributed by atoms with E-state index in [1.165, 1.54) is 0 Å². The van der Waals surface area contributed by atoms with Gasteiger partial charge in [0, 0.05) is 10.0 Å². The molecule has 24 heavy (non-hydrogen) atoms. The highest BCUT2D eigenvalue weighted by Gasteiger charge is 2.13. The molecule has 0 radical (unpaired) electrons. The Labute approximate surface area is 153 Å². The van der Waals surface area contributed by atoms with Crippen molar-refractivity contribution in [3.8, 4) is 11.3 Å². The summed E-state index contributed by atoms with van der Waals surface area (Å²) >= 11 is 9.54. The molecule has 1 heterocycles. The fraction of sp³-hybridized carbons (Fsp3) is 0.0526. The Kier molecular flexibility index (Phi) is 4.97. The van der Waals surface area contributed by atoms with E-state index in [1.807, 2.05) is 49.4 Å². The molecular weight excluding hydrogens is 388 g/mol. The number of carbonyl (C=O) groups excluding carboxylic acids is 1. The van der Waals surface area contributed by atoms with Gasteiger partial charge in [-0.15, -0.1) is 0 Å². The van der Waals surface area contributed by atoms with Crippen LogP contribution in [0.2, 0.25) is 5.02 Å². The SMILES string of the molecule is Cc1nc(-c2cccc(Br)c2)ccc1C(=O)Nc1ccccc1Cl. The minimum Gasteiger partial charge on any atom is -0.321 e. The van der Waals surface area contributed by atoms with Crippen molar-refractivity contribution in [1.82, 2.24) is 4.98 Å². The lowest BCUT2D eigenvalue weighted by Crippen LogP contribution is -2.14. The molecule has 0 unspecified atom stereocenters. The summed E-state index contributed by atoms with van der Waals surface area (Å²) in [6.07, 6.45) is 0. The maximum Gasteiger partial charge on any atom is 0.257 e. The molecule has 120 valence electrons. The Hall–Kier alpha value is -2.17. The average Bonchev–Trinajstić information content (AvgIpc) is 2.56. The molecule has 0 spiro atoms. The van der Waals surface area contributed by atoms with Crippen molar-refractivity contribution in [1.29, 1.82) is 0 Å². The number of nitrogens with zero attached hydrogens (tertiary/aromatic N) is 1. The van der Waals surface area contributed by atoms with E-state index < -0.39 is 0 Å². The van der Waals surface area contributed by atoms with Crippen LogP contribution < -0.4 is 5.32 Å². The molecule has 0 fully saturated rings. The van der Waals surface area contributed by atoms with Gasteiger partial charge in [-0.1, -0.05) is 51.8 Å². The van der Waals surface area contributed by atoms with Crippen LogP contribution in [0.25, 0.3) is 11.3 Å². The Morgan fingerprint density at radius 3 is 2.58 bits per heavy atom. The molecule has 0 aliphatic rings. The summed E-state index contributed by atoms with van der Waals surface area (Å²) in [6.45, 7) is 1.82. The van der Waals surface area contributed by atoms with Crippen LogP contribution in [0.5, 0.6) is 0 Å². The highest BCUT2D eigenvalue weighted by Crippen LogP contribution is 2.24. The number of anilines is 1. The first-order valence-electron chi connectivity index (χ1n) is 7.34. The number of hydrogen-bond donors (Lipinski definition) is 1. The molecule has 3 aromatic rings. The lowest BCUT2D eigenvalue weighted by atomic mass is 10.1. The first-order valence-corrected chi connectivity index (χ1v) is 8.51. The zero-order valence-electron chi connectivity index (χ0n) is 12.9. The number of hydrogen-bond acceptors (Lipinski definition) is 2. The minimum absolute atomic E-state index is 0.228. The molecule has 3 nitrogen and oxygen atoms in total. The van der Waals surface area contributed by atoms with Crippen LogP contribution in [-0.2, 0) is 0 Å². The number of amides is 1. The smallest absolute Gasteiger partial charge is 0.257 e. The fourth-order valence-corrected chi connectivity index (χ4v) is 2.94. The van der Waals surface area contributed by atoms with E-state index in [-0.39, 0.29) is 5.91 Å². The van der Waals surface area contributed by atoms with Gasteiger partial charge < -0.3 is 5.32 Å². The standard InChI is InChI=1S/C19H14BrClN2O/c1-12-15(19(24)23-18-8-3-2-7-16(18)21)9-10-17(22-12)13-5-4-6-14(20)11-13/h2-11H,1H3,(H,23,24). The summed E-state index contributed by atoms with van der Waals surface area (Å²) in [6, 6.07) is 18.6. The van der Waals surface area contributed by atoms with E-state index in [4.69, 9.17) is 11.6 Å². The molecular formula is C19H14BrClN2O. The summed E-state index contributed by atoms with van der Waals surface area (Å²) in [4.78, 5) is 17.0. The van der Waals surface area contributed by atoms with Gasteiger partial charge in [0.1, 0.15) is 0 Å². The van der Waals surface area contributed by atoms with Gasteiger partial charge >= 0.3 is 0 Å². The van der Waals surface area contributed by atoms with Crippen molar-refractivity contribution >= 4 is 39.1 Å². The number of pyridine rings is 1. The molecule has 1 aromatic heterocycles. The van der Waals surface area contributed by atoms with E-state index in [2.05, 4.69) is 26.2 Å². The molecule has 2 aromatic carbocycles. The third-order valence-corrected chi connectivity index (χ3v) is 4.40. The highest BCUT2D eigenvalue weighted by molar-refractivity contribution is 9.10. The predicted molar refractivity (Wildman–Crippen MR) is 102 cm³/mol. The van der Waals surface area contributed by atoms with Crippen molar-refractivity contribution in [2.24, 2.45) is 0 Å². The van der Waals surface area contributed by atoms with E-state index in [0.29, 0.717) is 22.0 Å². The molecule has 0 atom stereocenters. The zero-order valence-corrected chi connectivity index (χ0v) is 15.2. The van der Waals surface area contributed by atoms with Gasteiger partial charge in [0.2, 0.25) is 0 Å². The maximum atomic E-state index is 12.5. The van der Waals surface area contributed by atoms with Crippen molar-refractivity contribution in [2.45, 2.75) is 6.92 Å². The molecule has 0 bridgehead atoms. The summed E-state index contributed by atoms with van der Waals surface area (Å²) in [5, 5.41) is 3.32. The summed E-state index contributed by atoms with van der Waals surface area (Å²) in [7, 11) is 0. The fourth-order valence-electron chi connectivity index (χ4n) is 2.36. The minimum atomic E-state index is -0.228. The van der Waals surface area contributed by atoms with Crippen molar-refractivity contribution in [3.05, 3.63) is 81.4 Å².